The van der Waals surface area contributed by atoms with Crippen molar-refractivity contribution < 1.29 is 24.2 Å². The van der Waals surface area contributed by atoms with E-state index in [1.807, 2.05) is 6.92 Å². The molecule has 0 saturated carbocycles. The molecule has 0 amide bonds. The Bertz CT molecular complexity index is 251. The molecule has 100 valence electrons. The Morgan fingerprint density at radius 2 is 1.88 bits per heavy atom. The molecular weight excluding hydrogens is 224 g/mol. The Morgan fingerprint density at radius 1 is 1.29 bits per heavy atom. The number of carboxylic acid groups (broad SMARTS) is 1. The highest BCUT2D eigenvalue weighted by Crippen LogP contribution is 2.18. The number of carbonyl (C=O) groups excluding carboxylic acids is 1. The first-order valence-electron chi connectivity index (χ1n) is 5.84. The second kappa shape index (κ2) is 8.06. The predicted octanol–water partition coefficient (Wildman–Crippen LogP) is 1.70. The van der Waals surface area contributed by atoms with Crippen LogP contribution in [0.25, 0.3) is 0 Å². The van der Waals surface area contributed by atoms with Gasteiger partial charge in [0.2, 0.25) is 0 Å². The molecule has 5 nitrogen and oxygen atoms in total. The first kappa shape index (κ1) is 15.9. The van der Waals surface area contributed by atoms with Gasteiger partial charge in [0, 0.05) is 7.11 Å². The number of methoxy groups -OCH3 is 1. The minimum absolute atomic E-state index is 0.304. The molecule has 5 heteroatoms. The van der Waals surface area contributed by atoms with Crippen LogP contribution in [0.3, 0.4) is 0 Å². The van der Waals surface area contributed by atoms with Gasteiger partial charge in [-0.05, 0) is 19.8 Å². The minimum atomic E-state index is -0.888. The van der Waals surface area contributed by atoms with E-state index < -0.39 is 11.9 Å². The molecule has 0 aliphatic heterocycles. The molecule has 1 N–H and O–H groups in total. The third-order valence-corrected chi connectivity index (χ3v) is 2.60. The lowest BCUT2D eigenvalue weighted by Crippen LogP contribution is -2.27. The lowest BCUT2D eigenvalue weighted by Gasteiger charge is -2.19. The van der Waals surface area contributed by atoms with Crippen LogP contribution >= 0.6 is 0 Å². The number of esters is 1. The third kappa shape index (κ3) is 6.26. The van der Waals surface area contributed by atoms with Crippen LogP contribution in [0.15, 0.2) is 0 Å². The van der Waals surface area contributed by atoms with Gasteiger partial charge in [0.05, 0.1) is 18.4 Å². The highest BCUT2D eigenvalue weighted by Gasteiger charge is 2.25. The van der Waals surface area contributed by atoms with Crippen molar-refractivity contribution in [1.29, 1.82) is 0 Å². The van der Waals surface area contributed by atoms with Crippen LogP contribution in [-0.4, -0.2) is 36.9 Å². The molecule has 0 aromatic rings. The van der Waals surface area contributed by atoms with E-state index in [1.54, 1.807) is 13.8 Å². The minimum Gasteiger partial charge on any atom is -0.481 e. The van der Waals surface area contributed by atoms with Gasteiger partial charge >= 0.3 is 11.9 Å². The molecule has 0 aromatic heterocycles. The van der Waals surface area contributed by atoms with E-state index >= 15 is 0 Å². The van der Waals surface area contributed by atoms with Crippen LogP contribution in [0.1, 0.15) is 33.6 Å². The average Bonchev–Trinajstić information content (AvgIpc) is 2.25. The number of hydrogen-bond acceptors (Lipinski definition) is 4. The van der Waals surface area contributed by atoms with Gasteiger partial charge in [0.15, 0.2) is 0 Å². The van der Waals surface area contributed by atoms with Crippen molar-refractivity contribution in [2.24, 2.45) is 11.8 Å². The Kier molecular flexibility index (Phi) is 7.54. The molecule has 0 saturated heterocycles. The summed E-state index contributed by atoms with van der Waals surface area (Å²) < 4.78 is 10.0. The van der Waals surface area contributed by atoms with Crippen LogP contribution < -0.4 is 0 Å². The number of aliphatic carboxylic acids is 1. The lowest BCUT2D eigenvalue weighted by atomic mass is 9.94. The molecule has 3 atom stereocenters. The molecule has 0 spiro atoms. The fourth-order valence-corrected chi connectivity index (χ4v) is 1.52. The highest BCUT2D eigenvalue weighted by atomic mass is 16.6. The zero-order valence-electron chi connectivity index (χ0n) is 10.9. The van der Waals surface area contributed by atoms with Crippen LogP contribution in [-0.2, 0) is 19.1 Å². The molecule has 3 unspecified atom stereocenters. The molecule has 0 fully saturated rings. The molecule has 0 radical (unpaired) electrons. The predicted molar refractivity (Wildman–Crippen MR) is 62.6 cm³/mol. The van der Waals surface area contributed by atoms with Gasteiger partial charge in [0.25, 0.3) is 0 Å². The van der Waals surface area contributed by atoms with Crippen molar-refractivity contribution in [2.75, 3.05) is 13.7 Å². The van der Waals surface area contributed by atoms with Gasteiger partial charge in [-0.25, -0.2) is 0 Å². The molecule has 0 rings (SSSR count). The fraction of sp³-hybridized carbons (Fsp3) is 0.833. The highest BCUT2D eigenvalue weighted by molar-refractivity contribution is 5.75. The fourth-order valence-electron chi connectivity index (χ4n) is 1.52. The number of carbonyl (C=O) groups is 2. The SMILES string of the molecule is CCC(CC(C)C(=O)O)C(=O)OC(C)COC. The number of hydrogen-bond donors (Lipinski definition) is 1. The van der Waals surface area contributed by atoms with Crippen molar-refractivity contribution in [1.82, 2.24) is 0 Å². The standard InChI is InChI=1S/C12H22O5/c1-5-10(6-8(2)11(13)14)12(15)17-9(3)7-16-4/h8-10H,5-7H2,1-4H3,(H,13,14). The summed E-state index contributed by atoms with van der Waals surface area (Å²) >= 11 is 0. The van der Waals surface area contributed by atoms with Crippen LogP contribution in [0.2, 0.25) is 0 Å². The van der Waals surface area contributed by atoms with Crippen LogP contribution in [0.4, 0.5) is 0 Å². The van der Waals surface area contributed by atoms with Gasteiger partial charge in [-0.1, -0.05) is 13.8 Å². The maximum absolute atomic E-state index is 11.7. The quantitative estimate of drug-likeness (QED) is 0.660. The Balaban J connectivity index is 4.25. The van der Waals surface area contributed by atoms with Gasteiger partial charge in [-0.15, -0.1) is 0 Å². The number of rotatable bonds is 8. The summed E-state index contributed by atoms with van der Waals surface area (Å²) in [4.78, 5) is 22.5. The summed E-state index contributed by atoms with van der Waals surface area (Å²) in [6, 6.07) is 0. The van der Waals surface area contributed by atoms with Gasteiger partial charge in [-0.3, -0.25) is 9.59 Å². The molecule has 0 bridgehead atoms. The first-order valence-corrected chi connectivity index (χ1v) is 5.84. The zero-order chi connectivity index (χ0) is 13.4. The van der Waals surface area contributed by atoms with E-state index in [4.69, 9.17) is 14.6 Å². The summed E-state index contributed by atoms with van der Waals surface area (Å²) in [5, 5.41) is 8.80. The molecule has 17 heavy (non-hydrogen) atoms. The van der Waals surface area contributed by atoms with Crippen LogP contribution in [0.5, 0.6) is 0 Å². The first-order chi connectivity index (χ1) is 7.92. The largest absolute Gasteiger partial charge is 0.481 e. The Labute approximate surface area is 102 Å². The van der Waals surface area contributed by atoms with Crippen molar-refractivity contribution in [3.63, 3.8) is 0 Å². The van der Waals surface area contributed by atoms with E-state index in [9.17, 15) is 9.59 Å². The van der Waals surface area contributed by atoms with Crippen LogP contribution in [0, 0.1) is 11.8 Å². The average molecular weight is 246 g/mol. The van der Waals surface area contributed by atoms with Crippen molar-refractivity contribution in [2.45, 2.75) is 39.7 Å². The van der Waals surface area contributed by atoms with E-state index in [1.165, 1.54) is 7.11 Å². The van der Waals surface area contributed by atoms with Gasteiger partial charge in [0.1, 0.15) is 6.10 Å². The molecular formula is C12H22O5. The maximum atomic E-state index is 11.7. The van der Waals surface area contributed by atoms with Gasteiger partial charge in [-0.2, -0.15) is 0 Å². The van der Waals surface area contributed by atoms with E-state index in [-0.39, 0.29) is 18.0 Å². The molecule has 0 aliphatic rings. The summed E-state index contributed by atoms with van der Waals surface area (Å²) in [6.07, 6.45) is 0.585. The van der Waals surface area contributed by atoms with Gasteiger partial charge < -0.3 is 14.6 Å². The van der Waals surface area contributed by atoms with E-state index in [2.05, 4.69) is 0 Å². The molecule has 0 heterocycles. The normalized spacial score (nSPS) is 16.0. The third-order valence-electron chi connectivity index (χ3n) is 2.60. The maximum Gasteiger partial charge on any atom is 0.309 e. The van der Waals surface area contributed by atoms with Crippen molar-refractivity contribution in [3.8, 4) is 0 Å². The molecule has 0 aliphatic carbocycles. The van der Waals surface area contributed by atoms with Crippen molar-refractivity contribution >= 4 is 11.9 Å². The molecule has 0 aromatic carbocycles. The zero-order valence-corrected chi connectivity index (χ0v) is 10.9. The topological polar surface area (TPSA) is 72.8 Å². The Morgan fingerprint density at radius 3 is 2.29 bits per heavy atom. The summed E-state index contributed by atoms with van der Waals surface area (Å²) in [7, 11) is 1.54. The summed E-state index contributed by atoms with van der Waals surface area (Å²) in [6.45, 7) is 5.53. The monoisotopic (exact) mass is 246 g/mol. The second-order valence-electron chi connectivity index (χ2n) is 4.28. The number of carboxylic acids is 1. The van der Waals surface area contributed by atoms with Crippen molar-refractivity contribution in [3.05, 3.63) is 0 Å². The number of ether oxygens (including phenoxy) is 2. The summed E-state index contributed by atoms with van der Waals surface area (Å²) in [5.41, 5.74) is 0. The second-order valence-corrected chi connectivity index (χ2v) is 4.28. The van der Waals surface area contributed by atoms with E-state index in [0.717, 1.165) is 0 Å². The smallest absolute Gasteiger partial charge is 0.309 e. The lowest BCUT2D eigenvalue weighted by molar-refractivity contribution is -0.156. The summed E-state index contributed by atoms with van der Waals surface area (Å²) in [5.74, 6) is -2.13. The Hall–Kier alpha value is -1.10. The van der Waals surface area contributed by atoms with E-state index in [0.29, 0.717) is 19.4 Å².